The van der Waals surface area contributed by atoms with Gasteiger partial charge in [0.1, 0.15) is 0 Å². The van der Waals surface area contributed by atoms with Crippen LogP contribution in [0, 0.1) is 6.92 Å². The van der Waals surface area contributed by atoms with Crippen LogP contribution in [0.2, 0.25) is 0 Å². The van der Waals surface area contributed by atoms with Crippen molar-refractivity contribution in [3.63, 3.8) is 0 Å². The number of hydrogen-bond acceptors (Lipinski definition) is 2. The fourth-order valence-electron chi connectivity index (χ4n) is 2.15. The van der Waals surface area contributed by atoms with Gasteiger partial charge in [-0.2, -0.15) is 13.2 Å². The van der Waals surface area contributed by atoms with E-state index in [1.807, 2.05) is 0 Å². The van der Waals surface area contributed by atoms with Gasteiger partial charge in [-0.3, -0.25) is 0 Å². The summed E-state index contributed by atoms with van der Waals surface area (Å²) < 4.78 is 61.0. The van der Waals surface area contributed by atoms with E-state index in [1.54, 1.807) is 25.1 Å². The third kappa shape index (κ3) is 3.86. The highest BCUT2D eigenvalue weighted by Crippen LogP contribution is 2.30. The molecule has 0 fully saturated rings. The van der Waals surface area contributed by atoms with Gasteiger partial charge in [0.25, 0.3) is 0 Å². The monoisotopic (exact) mass is 329 g/mol. The van der Waals surface area contributed by atoms with Crippen LogP contribution in [0.15, 0.2) is 47.4 Å². The lowest BCUT2D eigenvalue weighted by Crippen LogP contribution is -2.14. The fourth-order valence-corrected chi connectivity index (χ4v) is 2.99. The molecule has 0 atom stereocenters. The summed E-state index contributed by atoms with van der Waals surface area (Å²) in [6.45, 7) is 1.60. The van der Waals surface area contributed by atoms with Crippen LogP contribution in [0.5, 0.6) is 0 Å². The van der Waals surface area contributed by atoms with Gasteiger partial charge in [-0.05, 0) is 42.2 Å². The summed E-state index contributed by atoms with van der Waals surface area (Å²) in [4.78, 5) is -0.0167. The molecule has 0 heterocycles. The Kier molecular flexibility index (Phi) is 4.30. The molecule has 2 aromatic rings. The average molecular weight is 329 g/mol. The van der Waals surface area contributed by atoms with Gasteiger partial charge in [-0.25, -0.2) is 13.6 Å². The van der Waals surface area contributed by atoms with Crippen molar-refractivity contribution in [1.82, 2.24) is 0 Å². The molecular formula is C15H14F3NO2S. The lowest BCUT2D eigenvalue weighted by atomic mass is 10.0. The molecule has 7 heteroatoms. The molecule has 0 aliphatic carbocycles. The fraction of sp³-hybridized carbons (Fsp3) is 0.200. The van der Waals surface area contributed by atoms with E-state index >= 15 is 0 Å². The lowest BCUT2D eigenvalue weighted by molar-refractivity contribution is -0.137. The zero-order chi connectivity index (χ0) is 16.5. The minimum atomic E-state index is -4.41. The first-order valence-corrected chi connectivity index (χ1v) is 7.90. The number of alkyl halides is 3. The minimum absolute atomic E-state index is 0.0167. The summed E-state index contributed by atoms with van der Waals surface area (Å²) in [5.41, 5.74) is 0.784. The standard InChI is InChI=1S/C15H14F3NO2S/c1-10-5-6-12(9-14(10)22(19,20)21)7-11-3-2-4-13(8-11)15(16,17)18/h2-6,8-9H,7H2,1H3,(H2,19,20,21). The van der Waals surface area contributed by atoms with Crippen molar-refractivity contribution in [2.24, 2.45) is 5.14 Å². The van der Waals surface area contributed by atoms with Crippen LogP contribution in [0.25, 0.3) is 0 Å². The van der Waals surface area contributed by atoms with Crippen LogP contribution < -0.4 is 5.14 Å². The van der Waals surface area contributed by atoms with Gasteiger partial charge in [0.15, 0.2) is 0 Å². The molecule has 22 heavy (non-hydrogen) atoms. The van der Waals surface area contributed by atoms with Crippen molar-refractivity contribution in [3.8, 4) is 0 Å². The molecule has 0 spiro atoms. The maximum absolute atomic E-state index is 12.7. The third-order valence-corrected chi connectivity index (χ3v) is 4.27. The number of sulfonamides is 1. The molecule has 2 rings (SSSR count). The first-order chi connectivity index (χ1) is 10.1. The van der Waals surface area contributed by atoms with E-state index in [9.17, 15) is 21.6 Å². The number of halogens is 3. The van der Waals surface area contributed by atoms with E-state index in [-0.39, 0.29) is 11.3 Å². The van der Waals surface area contributed by atoms with Crippen molar-refractivity contribution < 1.29 is 21.6 Å². The zero-order valence-corrected chi connectivity index (χ0v) is 12.5. The van der Waals surface area contributed by atoms with Crippen molar-refractivity contribution >= 4 is 10.0 Å². The quantitative estimate of drug-likeness (QED) is 0.939. The van der Waals surface area contributed by atoms with Crippen LogP contribution >= 0.6 is 0 Å². The summed E-state index contributed by atoms with van der Waals surface area (Å²) in [6.07, 6.45) is -4.22. The van der Waals surface area contributed by atoms with Gasteiger partial charge < -0.3 is 0 Å². The second kappa shape index (κ2) is 5.73. The highest BCUT2D eigenvalue weighted by molar-refractivity contribution is 7.89. The number of benzene rings is 2. The maximum Gasteiger partial charge on any atom is 0.416 e. The molecule has 0 aliphatic heterocycles. The Labute approximate surface area is 126 Å². The largest absolute Gasteiger partial charge is 0.416 e. The van der Waals surface area contributed by atoms with Crippen molar-refractivity contribution in [2.75, 3.05) is 0 Å². The number of nitrogens with two attached hydrogens (primary N) is 1. The Morgan fingerprint density at radius 2 is 1.68 bits per heavy atom. The van der Waals surface area contributed by atoms with Gasteiger partial charge in [0.2, 0.25) is 10.0 Å². The summed E-state index contributed by atoms with van der Waals surface area (Å²) in [5.74, 6) is 0. The van der Waals surface area contributed by atoms with Gasteiger partial charge in [0, 0.05) is 0 Å². The van der Waals surface area contributed by atoms with Crippen LogP contribution in [-0.4, -0.2) is 8.42 Å². The van der Waals surface area contributed by atoms with Gasteiger partial charge >= 0.3 is 6.18 Å². The second-order valence-electron chi connectivity index (χ2n) is 5.02. The normalized spacial score (nSPS) is 12.4. The van der Waals surface area contributed by atoms with Gasteiger partial charge in [0.05, 0.1) is 10.5 Å². The molecule has 0 saturated carbocycles. The Hall–Kier alpha value is -1.86. The number of primary sulfonamides is 1. The topological polar surface area (TPSA) is 60.2 Å². The molecule has 0 radical (unpaired) electrons. The Balaban J connectivity index is 2.36. The summed E-state index contributed by atoms with van der Waals surface area (Å²) in [6, 6.07) is 9.58. The van der Waals surface area contributed by atoms with Crippen molar-refractivity contribution in [1.29, 1.82) is 0 Å². The molecule has 2 N–H and O–H groups in total. The van der Waals surface area contributed by atoms with E-state index in [4.69, 9.17) is 5.14 Å². The van der Waals surface area contributed by atoms with E-state index in [0.29, 0.717) is 16.7 Å². The van der Waals surface area contributed by atoms with Crippen LogP contribution in [0.3, 0.4) is 0 Å². The number of aryl methyl sites for hydroxylation is 1. The average Bonchev–Trinajstić information content (AvgIpc) is 2.39. The summed E-state index contributed by atoms with van der Waals surface area (Å²) >= 11 is 0. The Bertz CT molecular complexity index is 799. The van der Waals surface area contributed by atoms with Crippen molar-refractivity contribution in [2.45, 2.75) is 24.4 Å². The number of rotatable bonds is 3. The lowest BCUT2D eigenvalue weighted by Gasteiger charge is -2.10. The predicted octanol–water partition coefficient (Wildman–Crippen LogP) is 3.25. The number of hydrogen-bond donors (Lipinski definition) is 1. The minimum Gasteiger partial charge on any atom is -0.225 e. The maximum atomic E-state index is 12.7. The van der Waals surface area contributed by atoms with E-state index in [2.05, 4.69) is 0 Å². The molecule has 2 aromatic carbocycles. The first kappa shape index (κ1) is 16.5. The second-order valence-corrected chi connectivity index (χ2v) is 6.55. The van der Waals surface area contributed by atoms with Crippen LogP contribution in [-0.2, 0) is 22.6 Å². The molecule has 0 saturated heterocycles. The van der Waals surface area contributed by atoms with E-state index < -0.39 is 21.8 Å². The highest BCUT2D eigenvalue weighted by atomic mass is 32.2. The molecular weight excluding hydrogens is 315 g/mol. The molecule has 0 bridgehead atoms. The molecule has 118 valence electrons. The Morgan fingerprint density at radius 1 is 1.05 bits per heavy atom. The van der Waals surface area contributed by atoms with E-state index in [1.165, 1.54) is 12.1 Å². The molecule has 0 amide bonds. The van der Waals surface area contributed by atoms with Crippen LogP contribution in [0.4, 0.5) is 13.2 Å². The SMILES string of the molecule is Cc1ccc(Cc2cccc(C(F)(F)F)c2)cc1S(N)(=O)=O. The van der Waals surface area contributed by atoms with Crippen LogP contribution in [0.1, 0.15) is 22.3 Å². The van der Waals surface area contributed by atoms with Gasteiger partial charge in [-0.15, -0.1) is 0 Å². The van der Waals surface area contributed by atoms with Gasteiger partial charge in [-0.1, -0.05) is 30.3 Å². The summed E-state index contributed by atoms with van der Waals surface area (Å²) in [5, 5.41) is 5.12. The molecule has 3 nitrogen and oxygen atoms in total. The molecule has 0 aliphatic rings. The predicted molar refractivity (Wildman–Crippen MR) is 76.8 cm³/mol. The van der Waals surface area contributed by atoms with E-state index in [0.717, 1.165) is 12.1 Å². The zero-order valence-electron chi connectivity index (χ0n) is 11.7. The first-order valence-electron chi connectivity index (χ1n) is 6.36. The molecule has 0 unspecified atom stereocenters. The molecule has 0 aromatic heterocycles. The third-order valence-electron chi connectivity index (χ3n) is 3.22. The summed E-state index contributed by atoms with van der Waals surface area (Å²) in [7, 11) is -3.86. The Morgan fingerprint density at radius 3 is 2.27 bits per heavy atom. The smallest absolute Gasteiger partial charge is 0.225 e. The highest BCUT2D eigenvalue weighted by Gasteiger charge is 2.30. The van der Waals surface area contributed by atoms with Crippen molar-refractivity contribution in [3.05, 3.63) is 64.7 Å².